The maximum Gasteiger partial charge on any atom is 0.291 e. The van der Waals surface area contributed by atoms with Crippen molar-refractivity contribution in [2.45, 2.75) is 0 Å². The fourth-order valence-corrected chi connectivity index (χ4v) is 3.41. The van der Waals surface area contributed by atoms with Gasteiger partial charge in [-0.05, 0) is 30.3 Å². The number of furan rings is 1. The lowest BCUT2D eigenvalue weighted by Gasteiger charge is -2.00. The van der Waals surface area contributed by atoms with Crippen molar-refractivity contribution in [1.29, 1.82) is 0 Å². The van der Waals surface area contributed by atoms with Crippen LogP contribution in [-0.2, 0) is 0 Å². The first-order chi connectivity index (χ1) is 11.1. The molecule has 4 rings (SSSR count). The molecule has 0 spiro atoms. The Bertz CT molecular complexity index is 1130. The number of fused-ring (bicyclic) bond motifs is 1. The van der Waals surface area contributed by atoms with Crippen LogP contribution in [0.5, 0.6) is 0 Å². The fraction of sp³-hybridized carbons (Fsp3) is 0. The molecule has 0 unspecified atom stereocenters. The zero-order valence-electron chi connectivity index (χ0n) is 11.4. The van der Waals surface area contributed by atoms with Crippen LogP contribution in [-0.4, -0.2) is 14.6 Å². The Morgan fingerprint density at radius 2 is 2.09 bits per heavy atom. The second-order valence-electron chi connectivity index (χ2n) is 4.70. The summed E-state index contributed by atoms with van der Waals surface area (Å²) in [6.07, 6.45) is 3.01. The van der Waals surface area contributed by atoms with Gasteiger partial charge in [-0.25, -0.2) is 4.98 Å². The van der Waals surface area contributed by atoms with Crippen molar-refractivity contribution in [2.24, 2.45) is 0 Å². The molecule has 0 aliphatic heterocycles. The molecule has 8 heteroatoms. The molecule has 0 saturated heterocycles. The second kappa shape index (κ2) is 5.49. The van der Waals surface area contributed by atoms with Gasteiger partial charge < -0.3 is 4.42 Å². The van der Waals surface area contributed by atoms with E-state index in [0.717, 1.165) is 0 Å². The van der Waals surface area contributed by atoms with Gasteiger partial charge in [0.05, 0.1) is 5.02 Å². The highest BCUT2D eigenvalue weighted by atomic mass is 35.5. The number of hydrogen-bond acceptors (Lipinski definition) is 5. The third-order valence-corrected chi connectivity index (χ3v) is 4.75. The first kappa shape index (κ1) is 14.4. The Balaban J connectivity index is 1.80. The summed E-state index contributed by atoms with van der Waals surface area (Å²) in [6, 6.07) is 8.70. The minimum absolute atomic E-state index is 0.221. The predicted octanol–water partition coefficient (Wildman–Crippen LogP) is 3.27. The van der Waals surface area contributed by atoms with Gasteiger partial charge in [-0.15, -0.1) is 0 Å². The lowest BCUT2D eigenvalue weighted by atomic mass is 10.2. The fourth-order valence-electron chi connectivity index (χ4n) is 2.17. The largest absolute Gasteiger partial charge is 0.457 e. The first-order valence-electron chi connectivity index (χ1n) is 6.51. The highest BCUT2D eigenvalue weighted by molar-refractivity contribution is 7.15. The number of halogens is 2. The van der Waals surface area contributed by atoms with Crippen LogP contribution in [0.15, 0.2) is 45.9 Å². The molecule has 0 amide bonds. The van der Waals surface area contributed by atoms with Crippen molar-refractivity contribution in [1.82, 2.24) is 14.6 Å². The minimum Gasteiger partial charge on any atom is -0.457 e. The summed E-state index contributed by atoms with van der Waals surface area (Å²) in [5.74, 6) is 1.12. The molecule has 0 saturated carbocycles. The average Bonchev–Trinajstić information content (AvgIpc) is 3.22. The molecule has 5 nitrogen and oxygen atoms in total. The van der Waals surface area contributed by atoms with Gasteiger partial charge in [0.1, 0.15) is 22.4 Å². The van der Waals surface area contributed by atoms with Crippen LogP contribution in [0.25, 0.3) is 22.4 Å². The molecule has 23 heavy (non-hydrogen) atoms. The van der Waals surface area contributed by atoms with Gasteiger partial charge in [-0.2, -0.15) is 9.61 Å². The van der Waals surface area contributed by atoms with Crippen LogP contribution in [0.2, 0.25) is 10.0 Å². The molecule has 0 bridgehead atoms. The quantitative estimate of drug-likeness (QED) is 0.548. The molecule has 0 atom stereocenters. The Hall–Kier alpha value is -2.15. The standard InChI is InChI=1S/C15H7Cl2N3O2S/c16-8-1-3-11(17)10(5-8)12-4-2-9(22-12)6-13-14(21)20-15(23-13)18-7-19-20/h1-7H. The Morgan fingerprint density at radius 1 is 1.22 bits per heavy atom. The molecule has 0 aliphatic rings. The zero-order valence-corrected chi connectivity index (χ0v) is 13.7. The molecule has 0 fully saturated rings. The zero-order chi connectivity index (χ0) is 16.0. The van der Waals surface area contributed by atoms with Gasteiger partial charge in [0.25, 0.3) is 5.56 Å². The molecule has 114 valence electrons. The van der Waals surface area contributed by atoms with E-state index in [-0.39, 0.29) is 5.56 Å². The van der Waals surface area contributed by atoms with Crippen molar-refractivity contribution in [2.75, 3.05) is 0 Å². The number of rotatable bonds is 2. The van der Waals surface area contributed by atoms with E-state index < -0.39 is 0 Å². The molecule has 3 aromatic heterocycles. The number of aromatic nitrogens is 3. The number of benzene rings is 1. The molecule has 0 radical (unpaired) electrons. The summed E-state index contributed by atoms with van der Waals surface area (Å²) in [5, 5.41) is 4.98. The molecule has 4 aromatic rings. The summed E-state index contributed by atoms with van der Waals surface area (Å²) in [5.41, 5.74) is 0.477. The van der Waals surface area contributed by atoms with Crippen LogP contribution >= 0.6 is 34.5 Å². The Morgan fingerprint density at radius 3 is 2.91 bits per heavy atom. The average molecular weight is 364 g/mol. The van der Waals surface area contributed by atoms with Crippen LogP contribution < -0.4 is 10.1 Å². The van der Waals surface area contributed by atoms with Crippen LogP contribution in [0, 0.1) is 0 Å². The summed E-state index contributed by atoms with van der Waals surface area (Å²) in [4.78, 5) is 16.7. The van der Waals surface area contributed by atoms with E-state index in [1.165, 1.54) is 22.2 Å². The molecule has 1 aromatic carbocycles. The van der Waals surface area contributed by atoms with Crippen LogP contribution in [0.4, 0.5) is 0 Å². The monoisotopic (exact) mass is 363 g/mol. The lowest BCUT2D eigenvalue weighted by Crippen LogP contribution is -2.23. The lowest BCUT2D eigenvalue weighted by molar-refractivity contribution is 0.571. The normalized spacial score (nSPS) is 12.3. The van der Waals surface area contributed by atoms with E-state index in [0.29, 0.717) is 36.6 Å². The maximum absolute atomic E-state index is 12.1. The van der Waals surface area contributed by atoms with E-state index in [9.17, 15) is 4.79 Å². The highest BCUT2D eigenvalue weighted by Crippen LogP contribution is 2.31. The van der Waals surface area contributed by atoms with Gasteiger partial charge in [0, 0.05) is 16.7 Å². The number of nitrogens with zero attached hydrogens (tertiary/aromatic N) is 3. The minimum atomic E-state index is -0.221. The van der Waals surface area contributed by atoms with E-state index in [1.54, 1.807) is 36.4 Å². The van der Waals surface area contributed by atoms with E-state index in [4.69, 9.17) is 27.6 Å². The van der Waals surface area contributed by atoms with Crippen molar-refractivity contribution < 1.29 is 4.42 Å². The van der Waals surface area contributed by atoms with Gasteiger partial charge in [-0.3, -0.25) is 4.79 Å². The van der Waals surface area contributed by atoms with Gasteiger partial charge >= 0.3 is 0 Å². The summed E-state index contributed by atoms with van der Waals surface area (Å²) in [7, 11) is 0. The predicted molar refractivity (Wildman–Crippen MR) is 90.1 cm³/mol. The second-order valence-corrected chi connectivity index (χ2v) is 6.55. The topological polar surface area (TPSA) is 60.4 Å². The van der Waals surface area contributed by atoms with Gasteiger partial charge in [0.15, 0.2) is 0 Å². The first-order valence-corrected chi connectivity index (χ1v) is 8.08. The molecular weight excluding hydrogens is 357 g/mol. The van der Waals surface area contributed by atoms with Crippen molar-refractivity contribution in [3.63, 3.8) is 0 Å². The maximum atomic E-state index is 12.1. The molecule has 0 N–H and O–H groups in total. The number of thiazole rings is 1. The van der Waals surface area contributed by atoms with Crippen molar-refractivity contribution in [3.05, 3.63) is 67.4 Å². The number of hydrogen-bond donors (Lipinski definition) is 0. The van der Waals surface area contributed by atoms with Crippen molar-refractivity contribution in [3.8, 4) is 11.3 Å². The summed E-state index contributed by atoms with van der Waals surface area (Å²) in [6.45, 7) is 0. The summed E-state index contributed by atoms with van der Waals surface area (Å²) < 4.78 is 7.51. The summed E-state index contributed by atoms with van der Waals surface area (Å²) >= 11 is 13.4. The Kier molecular flexibility index (Phi) is 3.45. The van der Waals surface area contributed by atoms with E-state index >= 15 is 0 Å². The smallest absolute Gasteiger partial charge is 0.291 e. The van der Waals surface area contributed by atoms with Crippen LogP contribution in [0.1, 0.15) is 5.76 Å². The highest BCUT2D eigenvalue weighted by Gasteiger charge is 2.10. The molecule has 3 heterocycles. The third-order valence-electron chi connectivity index (χ3n) is 3.21. The SMILES string of the molecule is O=c1c(=Cc2ccc(-c3cc(Cl)ccc3Cl)o2)sc2ncnn12. The third kappa shape index (κ3) is 2.55. The van der Waals surface area contributed by atoms with Crippen LogP contribution in [0.3, 0.4) is 0 Å². The van der Waals surface area contributed by atoms with Gasteiger partial charge in [0.2, 0.25) is 4.96 Å². The Labute approximate surface area is 143 Å². The van der Waals surface area contributed by atoms with E-state index in [2.05, 4.69) is 10.1 Å². The van der Waals surface area contributed by atoms with E-state index in [1.807, 2.05) is 0 Å². The van der Waals surface area contributed by atoms with Crippen molar-refractivity contribution >= 4 is 45.6 Å². The molecule has 0 aliphatic carbocycles. The van der Waals surface area contributed by atoms with Gasteiger partial charge in [-0.1, -0.05) is 34.5 Å². The molecular formula is C15H7Cl2N3O2S.